The Bertz CT molecular complexity index is 939. The molecule has 0 aliphatic carbocycles. The Labute approximate surface area is 178 Å². The number of amides is 1. The average Bonchev–Trinajstić information content (AvgIpc) is 3.40. The van der Waals surface area contributed by atoms with E-state index in [4.69, 9.17) is 23.9 Å². The number of hydrogen-bond acceptors (Lipinski definition) is 7. The number of aromatic nitrogens is 2. The number of nitrogens with zero attached hydrogens (tertiary/aromatic N) is 3. The molecule has 1 N–H and O–H groups in total. The Morgan fingerprint density at radius 2 is 2.09 bits per heavy atom. The molecule has 0 aromatic carbocycles. The Morgan fingerprint density at radius 1 is 1.34 bits per heavy atom. The minimum Gasteiger partial charge on any atom is -0.475 e. The first-order valence-electron chi connectivity index (χ1n) is 9.49. The number of ether oxygens (including phenoxy) is 2. The fourth-order valence-electron chi connectivity index (χ4n) is 3.54. The van der Waals surface area contributed by atoms with Gasteiger partial charge >= 0.3 is 12.1 Å². The second kappa shape index (κ2) is 9.51. The molecule has 1 amide bonds. The fraction of sp³-hybridized carbons (Fsp3) is 0.474. The van der Waals surface area contributed by atoms with E-state index in [9.17, 15) is 22.4 Å². The molecule has 0 saturated carbocycles. The zero-order chi connectivity index (χ0) is 23.4. The molecule has 2 saturated heterocycles. The maximum Gasteiger partial charge on any atom is 0.490 e. The van der Waals surface area contributed by atoms with Gasteiger partial charge in [-0.15, -0.1) is 0 Å². The zero-order valence-corrected chi connectivity index (χ0v) is 16.5. The minimum absolute atomic E-state index is 0.0126. The van der Waals surface area contributed by atoms with Crippen LogP contribution in [0, 0.1) is 5.82 Å². The number of alkyl halides is 3. The molecule has 0 radical (unpaired) electrons. The van der Waals surface area contributed by atoms with Gasteiger partial charge in [0.05, 0.1) is 30.5 Å². The van der Waals surface area contributed by atoms with Crippen LogP contribution < -0.4 is 4.74 Å². The summed E-state index contributed by atoms with van der Waals surface area (Å²) >= 11 is 0. The molecule has 2 aromatic rings. The third kappa shape index (κ3) is 5.72. The zero-order valence-electron chi connectivity index (χ0n) is 16.5. The fourth-order valence-corrected chi connectivity index (χ4v) is 3.54. The summed E-state index contributed by atoms with van der Waals surface area (Å²) in [5.74, 6) is -3.38. The highest BCUT2D eigenvalue weighted by Gasteiger charge is 2.46. The number of halogens is 4. The van der Waals surface area contributed by atoms with E-state index < -0.39 is 23.6 Å². The van der Waals surface area contributed by atoms with Crippen molar-refractivity contribution in [1.82, 2.24) is 15.0 Å². The number of aliphatic carboxylic acids is 1. The van der Waals surface area contributed by atoms with Gasteiger partial charge in [-0.3, -0.25) is 4.79 Å². The lowest BCUT2D eigenvalue weighted by molar-refractivity contribution is -0.192. The minimum atomic E-state index is -5.08. The van der Waals surface area contributed by atoms with Gasteiger partial charge in [0, 0.05) is 19.2 Å². The van der Waals surface area contributed by atoms with Crippen LogP contribution in [0.25, 0.3) is 0 Å². The number of pyridine rings is 1. The van der Waals surface area contributed by atoms with Crippen LogP contribution in [0.1, 0.15) is 29.6 Å². The lowest BCUT2D eigenvalue weighted by atomic mass is 9.89. The van der Waals surface area contributed by atoms with Crippen LogP contribution in [0.5, 0.6) is 5.88 Å². The van der Waals surface area contributed by atoms with Crippen molar-refractivity contribution in [2.75, 3.05) is 19.7 Å². The Kier molecular flexibility index (Phi) is 6.96. The molecular weight excluding hydrogens is 442 g/mol. The maximum absolute atomic E-state index is 13.7. The number of likely N-dealkylation sites (tertiary alicyclic amines) is 1. The van der Waals surface area contributed by atoms with Gasteiger partial charge in [0.2, 0.25) is 0 Å². The van der Waals surface area contributed by atoms with Crippen molar-refractivity contribution >= 4 is 11.9 Å². The van der Waals surface area contributed by atoms with E-state index in [1.807, 2.05) is 0 Å². The summed E-state index contributed by atoms with van der Waals surface area (Å²) in [5.41, 5.74) is -0.0283. The number of rotatable bonds is 3. The summed E-state index contributed by atoms with van der Waals surface area (Å²) in [6, 6.07) is 2.83. The number of carbonyl (C=O) groups is 2. The number of carboxylic acid groups (broad SMARTS) is 1. The van der Waals surface area contributed by atoms with E-state index in [0.717, 1.165) is 12.8 Å². The van der Waals surface area contributed by atoms with Gasteiger partial charge in [-0.2, -0.15) is 13.2 Å². The van der Waals surface area contributed by atoms with E-state index in [2.05, 4.69) is 10.1 Å². The average molecular weight is 461 g/mol. The van der Waals surface area contributed by atoms with Crippen molar-refractivity contribution in [2.45, 2.75) is 37.1 Å². The molecule has 0 bridgehead atoms. The van der Waals surface area contributed by atoms with Crippen LogP contribution in [0.4, 0.5) is 17.6 Å². The van der Waals surface area contributed by atoms with Gasteiger partial charge in [0.25, 0.3) is 11.8 Å². The first-order chi connectivity index (χ1) is 15.1. The molecule has 13 heteroatoms. The number of carboxylic acids is 1. The summed E-state index contributed by atoms with van der Waals surface area (Å²) in [6.07, 6.45) is 1.15. The molecule has 174 valence electrons. The maximum atomic E-state index is 13.7. The second-order valence-corrected chi connectivity index (χ2v) is 7.27. The highest BCUT2D eigenvalue weighted by atomic mass is 19.4. The van der Waals surface area contributed by atoms with Gasteiger partial charge in [0.15, 0.2) is 5.82 Å². The second-order valence-electron chi connectivity index (χ2n) is 7.27. The molecule has 2 atom stereocenters. The third-order valence-electron chi connectivity index (χ3n) is 4.93. The molecule has 2 aliphatic rings. The van der Waals surface area contributed by atoms with Gasteiger partial charge in [-0.25, -0.2) is 14.2 Å². The smallest absolute Gasteiger partial charge is 0.475 e. The van der Waals surface area contributed by atoms with E-state index in [1.165, 1.54) is 30.8 Å². The lowest BCUT2D eigenvalue weighted by Crippen LogP contribution is -2.50. The summed E-state index contributed by atoms with van der Waals surface area (Å²) in [4.78, 5) is 27.1. The number of carbonyl (C=O) groups excluding carboxylic acids is 1. The van der Waals surface area contributed by atoms with Gasteiger partial charge in [-0.05, 0) is 25.0 Å². The van der Waals surface area contributed by atoms with Gasteiger partial charge < -0.3 is 24.0 Å². The van der Waals surface area contributed by atoms with Crippen molar-refractivity contribution in [3.05, 3.63) is 42.2 Å². The van der Waals surface area contributed by atoms with Crippen molar-refractivity contribution in [2.24, 2.45) is 0 Å². The van der Waals surface area contributed by atoms with Crippen molar-refractivity contribution in [3.63, 3.8) is 0 Å². The molecule has 9 nitrogen and oxygen atoms in total. The molecule has 0 unspecified atom stereocenters. The standard InChI is InChI=1S/C17H18FN3O4.C2HF3O2/c18-14-3-1-5-19-15(14)25-13-7-17(23-10-13)4-2-6-21(11-17)16(22)12-8-20-24-9-12;3-2(4,5)1(6)7/h1,3,5,8-9,13H,2,4,6-7,10-11H2;(H,6,7)/t13-,17+;/m1./s1. The first kappa shape index (κ1) is 23.4. The van der Waals surface area contributed by atoms with Gasteiger partial charge in [-0.1, -0.05) is 5.16 Å². The van der Waals surface area contributed by atoms with E-state index in [1.54, 1.807) is 4.90 Å². The van der Waals surface area contributed by atoms with Crippen LogP contribution >= 0.6 is 0 Å². The van der Waals surface area contributed by atoms with E-state index in [0.29, 0.717) is 31.7 Å². The molecule has 2 fully saturated rings. The molecule has 2 aromatic heterocycles. The molecule has 32 heavy (non-hydrogen) atoms. The normalized spacial score (nSPS) is 22.9. The van der Waals surface area contributed by atoms with Crippen molar-refractivity contribution in [1.29, 1.82) is 0 Å². The third-order valence-corrected chi connectivity index (χ3v) is 4.93. The summed E-state index contributed by atoms with van der Waals surface area (Å²) in [7, 11) is 0. The van der Waals surface area contributed by atoms with Crippen LogP contribution in [0.15, 0.2) is 35.3 Å². The van der Waals surface area contributed by atoms with Crippen LogP contribution in [0.3, 0.4) is 0 Å². The summed E-state index contributed by atoms with van der Waals surface area (Å²) < 4.78 is 61.8. The predicted octanol–water partition coefficient (Wildman–Crippen LogP) is 2.68. The Hall–Kier alpha value is -3.22. The largest absolute Gasteiger partial charge is 0.490 e. The molecule has 1 spiro atoms. The highest BCUT2D eigenvalue weighted by molar-refractivity contribution is 5.93. The van der Waals surface area contributed by atoms with Crippen LogP contribution in [-0.4, -0.2) is 69.6 Å². The van der Waals surface area contributed by atoms with E-state index >= 15 is 0 Å². The molecule has 4 rings (SSSR count). The Morgan fingerprint density at radius 3 is 2.72 bits per heavy atom. The quantitative estimate of drug-likeness (QED) is 0.694. The molecule has 4 heterocycles. The van der Waals surface area contributed by atoms with Gasteiger partial charge in [0.1, 0.15) is 12.4 Å². The van der Waals surface area contributed by atoms with E-state index in [-0.39, 0.29) is 17.9 Å². The topological polar surface area (TPSA) is 115 Å². The Balaban J connectivity index is 0.000000360. The van der Waals surface area contributed by atoms with Crippen LogP contribution in [-0.2, 0) is 9.53 Å². The highest BCUT2D eigenvalue weighted by Crippen LogP contribution is 2.36. The monoisotopic (exact) mass is 461 g/mol. The summed E-state index contributed by atoms with van der Waals surface area (Å²) in [6.45, 7) is 1.49. The van der Waals surface area contributed by atoms with Crippen molar-refractivity contribution < 1.29 is 46.3 Å². The molecular formula is C19H19F4N3O6. The lowest BCUT2D eigenvalue weighted by Gasteiger charge is -2.39. The summed E-state index contributed by atoms with van der Waals surface area (Å²) in [5, 5.41) is 10.7. The van der Waals surface area contributed by atoms with Crippen molar-refractivity contribution in [3.8, 4) is 5.88 Å². The first-order valence-corrected chi connectivity index (χ1v) is 9.49. The SMILES string of the molecule is O=C(O)C(F)(F)F.O=C(c1cnoc1)N1CCC[C@]2(C[C@@H](Oc3ncccc3F)CO2)C1. The number of hydrogen-bond donors (Lipinski definition) is 1. The molecule has 2 aliphatic heterocycles. The number of piperidine rings is 1. The predicted molar refractivity (Wildman–Crippen MR) is 97.2 cm³/mol. The van der Waals surface area contributed by atoms with Crippen LogP contribution in [0.2, 0.25) is 0 Å².